The van der Waals surface area contributed by atoms with Gasteiger partial charge in [0.15, 0.2) is 11.5 Å². The number of halogens is 1. The van der Waals surface area contributed by atoms with Crippen molar-refractivity contribution in [1.29, 1.82) is 0 Å². The average molecular weight is 896 g/mol. The minimum atomic E-state index is -1.32. The van der Waals surface area contributed by atoms with Gasteiger partial charge in [-0.15, -0.1) is 0 Å². The first-order chi connectivity index (χ1) is 27.4. The Kier molecular flexibility index (Phi) is 13.8. The third-order valence-electron chi connectivity index (χ3n) is 10.9. The maximum absolute atomic E-state index is 13.4. The van der Waals surface area contributed by atoms with E-state index < -0.39 is 21.7 Å². The predicted molar refractivity (Wildman–Crippen MR) is 239 cm³/mol. The fraction of sp³-hybridized carbons (Fsp3) is 0.581. The summed E-state index contributed by atoms with van der Waals surface area (Å²) in [5, 5.41) is 14.9. The summed E-state index contributed by atoms with van der Waals surface area (Å²) in [6, 6.07) is 12.0. The van der Waals surface area contributed by atoms with Gasteiger partial charge in [-0.05, 0) is 98.7 Å². The van der Waals surface area contributed by atoms with Crippen LogP contribution in [0.25, 0.3) is 28.0 Å². The van der Waals surface area contributed by atoms with E-state index in [2.05, 4.69) is 60.1 Å². The maximum atomic E-state index is 13.4. The Balaban J connectivity index is 1.40. The summed E-state index contributed by atoms with van der Waals surface area (Å²) in [7, 11) is -1.04. The van der Waals surface area contributed by atoms with Gasteiger partial charge in [0.2, 0.25) is 0 Å². The number of aliphatic hydroxyl groups is 1. The van der Waals surface area contributed by atoms with E-state index in [0.717, 1.165) is 76.1 Å². The molecule has 1 N–H and O–H groups in total. The topological polar surface area (TPSA) is 124 Å². The molecular formula is C43H63BrN6O6Si2. The number of piperidine rings is 1. The quantitative estimate of drug-likeness (QED) is 0.0661. The first kappa shape index (κ1) is 44.2. The van der Waals surface area contributed by atoms with Crippen LogP contribution in [0.1, 0.15) is 63.6 Å². The normalized spacial score (nSPS) is 18.6. The molecule has 2 fully saturated rings. The number of benzene rings is 1. The van der Waals surface area contributed by atoms with E-state index >= 15 is 0 Å². The van der Waals surface area contributed by atoms with Crippen molar-refractivity contribution >= 4 is 49.6 Å². The molecule has 15 heteroatoms. The summed E-state index contributed by atoms with van der Waals surface area (Å²) >= 11 is 4.08. The van der Waals surface area contributed by atoms with Gasteiger partial charge >= 0.3 is 6.09 Å². The molecule has 2 atom stereocenters. The van der Waals surface area contributed by atoms with Crippen molar-refractivity contribution in [2.24, 2.45) is 0 Å². The Morgan fingerprint density at radius 2 is 1.55 bits per heavy atom. The zero-order chi connectivity index (χ0) is 42.0. The number of carbonyl (C=O) groups is 1. The largest absolute Gasteiger partial charge is 0.496 e. The molecule has 2 saturated heterocycles. The molecule has 316 valence electrons. The van der Waals surface area contributed by atoms with Crippen molar-refractivity contribution in [2.45, 2.75) is 128 Å². The Bertz CT molecular complexity index is 2010. The zero-order valence-electron chi connectivity index (χ0n) is 36.1. The molecule has 2 aliphatic heterocycles. The summed E-state index contributed by atoms with van der Waals surface area (Å²) < 4.78 is 26.9. The van der Waals surface area contributed by atoms with Crippen LogP contribution in [-0.4, -0.2) is 103 Å². The number of hydrogen-bond acceptors (Lipinski definition) is 10. The molecule has 58 heavy (non-hydrogen) atoms. The first-order valence-electron chi connectivity index (χ1n) is 20.6. The monoisotopic (exact) mass is 894 g/mol. The summed E-state index contributed by atoms with van der Waals surface area (Å²) in [5.41, 5.74) is 5.20. The van der Waals surface area contributed by atoms with Gasteiger partial charge in [-0.25, -0.2) is 9.78 Å². The highest BCUT2D eigenvalue weighted by Crippen LogP contribution is 2.47. The number of rotatable bonds is 16. The first-order valence-corrected chi connectivity index (χ1v) is 28.8. The van der Waals surface area contributed by atoms with Gasteiger partial charge < -0.3 is 33.9 Å². The molecule has 2 bridgehead atoms. The lowest BCUT2D eigenvalue weighted by molar-refractivity contribution is 0.00566. The molecule has 12 nitrogen and oxygen atoms in total. The molecule has 0 aliphatic carbocycles. The van der Waals surface area contributed by atoms with E-state index in [0.29, 0.717) is 43.6 Å². The van der Waals surface area contributed by atoms with Crippen molar-refractivity contribution in [2.75, 3.05) is 38.7 Å². The van der Waals surface area contributed by atoms with E-state index in [1.165, 1.54) is 0 Å². The van der Waals surface area contributed by atoms with Crippen LogP contribution in [0.2, 0.25) is 51.4 Å². The van der Waals surface area contributed by atoms with Crippen molar-refractivity contribution in [3.63, 3.8) is 0 Å². The van der Waals surface area contributed by atoms with Crippen LogP contribution in [0.15, 0.2) is 47.2 Å². The number of aromatic nitrogens is 4. The van der Waals surface area contributed by atoms with Crippen LogP contribution in [0.4, 0.5) is 10.6 Å². The van der Waals surface area contributed by atoms with Crippen LogP contribution in [0, 0.1) is 0 Å². The number of aliphatic hydroxyl groups excluding tert-OH is 1. The molecule has 0 radical (unpaired) electrons. The molecule has 2 unspecified atom stereocenters. The highest BCUT2D eigenvalue weighted by Gasteiger charge is 2.46. The van der Waals surface area contributed by atoms with E-state index in [-0.39, 0.29) is 30.7 Å². The summed E-state index contributed by atoms with van der Waals surface area (Å²) in [4.78, 5) is 27.9. The summed E-state index contributed by atoms with van der Waals surface area (Å²) in [6.07, 6.45) is 6.95. The Morgan fingerprint density at radius 1 is 0.931 bits per heavy atom. The molecule has 2 aliphatic rings. The van der Waals surface area contributed by atoms with Crippen molar-refractivity contribution in [3.8, 4) is 28.1 Å². The fourth-order valence-corrected chi connectivity index (χ4v) is 10.1. The maximum Gasteiger partial charge on any atom is 0.410 e. The minimum Gasteiger partial charge on any atom is -0.496 e. The van der Waals surface area contributed by atoms with Gasteiger partial charge in [-0.3, -0.25) is 4.98 Å². The molecule has 4 aromatic rings. The summed E-state index contributed by atoms with van der Waals surface area (Å²) in [5.74, 6) is 1.56. The molecule has 3 aromatic heterocycles. The van der Waals surface area contributed by atoms with E-state index in [9.17, 15) is 9.90 Å². The van der Waals surface area contributed by atoms with Gasteiger partial charge in [0, 0.05) is 75.8 Å². The number of amides is 1. The second kappa shape index (κ2) is 18.1. The third-order valence-corrected chi connectivity index (χ3v) is 15.1. The van der Waals surface area contributed by atoms with Crippen LogP contribution >= 0.6 is 15.9 Å². The lowest BCUT2D eigenvalue weighted by atomic mass is 9.88. The smallest absolute Gasteiger partial charge is 0.410 e. The van der Waals surface area contributed by atoms with Crippen LogP contribution < -0.4 is 9.64 Å². The van der Waals surface area contributed by atoms with Crippen molar-refractivity contribution < 1.29 is 28.8 Å². The van der Waals surface area contributed by atoms with Gasteiger partial charge in [0.05, 0.1) is 35.8 Å². The molecule has 0 saturated carbocycles. The second-order valence-corrected chi connectivity index (χ2v) is 31.3. The SMILES string of the molecule is COc1ccc(-c2ccc(-c3cnn4c(N(COCC[Si](C)(C)C)COCC[Si](C)(C)C)c(Br)c(C5CC6CCC(C5)N6C(=O)OC(C)(C)C)nc34)cn2)cc1CO. The molecular weight excluding hydrogens is 833 g/mol. The number of anilines is 1. The molecule has 1 amide bonds. The number of nitrogens with zero attached hydrogens (tertiary/aromatic N) is 6. The molecule has 5 heterocycles. The van der Waals surface area contributed by atoms with Gasteiger partial charge in [0.1, 0.15) is 24.8 Å². The van der Waals surface area contributed by atoms with Gasteiger partial charge in [-0.1, -0.05) is 45.3 Å². The lowest BCUT2D eigenvalue weighted by Crippen LogP contribution is -2.48. The van der Waals surface area contributed by atoms with Crippen LogP contribution in [-0.2, 0) is 20.8 Å². The number of fused-ring (bicyclic) bond motifs is 3. The predicted octanol–water partition coefficient (Wildman–Crippen LogP) is 9.80. The van der Waals surface area contributed by atoms with E-state index in [1.54, 1.807) is 7.11 Å². The number of hydrogen-bond donors (Lipinski definition) is 1. The molecule has 0 spiro atoms. The van der Waals surface area contributed by atoms with E-state index in [4.69, 9.17) is 34.0 Å². The molecule has 6 rings (SSSR count). The zero-order valence-corrected chi connectivity index (χ0v) is 39.7. The van der Waals surface area contributed by atoms with Gasteiger partial charge in [-0.2, -0.15) is 9.61 Å². The summed E-state index contributed by atoms with van der Waals surface area (Å²) in [6.45, 7) is 21.8. The number of carbonyl (C=O) groups excluding carboxylic acids is 1. The van der Waals surface area contributed by atoms with Gasteiger partial charge in [0.25, 0.3) is 0 Å². The molecule has 1 aromatic carbocycles. The van der Waals surface area contributed by atoms with Crippen LogP contribution in [0.5, 0.6) is 5.75 Å². The second-order valence-electron chi connectivity index (χ2n) is 19.2. The van der Waals surface area contributed by atoms with Crippen molar-refractivity contribution in [3.05, 3.63) is 58.5 Å². The number of ether oxygens (including phenoxy) is 4. The Hall–Kier alpha value is -3.35. The Labute approximate surface area is 354 Å². The third kappa shape index (κ3) is 10.7. The average Bonchev–Trinajstić information content (AvgIpc) is 3.69. The highest BCUT2D eigenvalue weighted by molar-refractivity contribution is 9.10. The van der Waals surface area contributed by atoms with Crippen molar-refractivity contribution in [1.82, 2.24) is 24.5 Å². The lowest BCUT2D eigenvalue weighted by Gasteiger charge is -2.39. The highest BCUT2D eigenvalue weighted by atomic mass is 79.9. The number of methoxy groups -OCH3 is 1. The van der Waals surface area contributed by atoms with E-state index in [1.807, 2.05) is 72.9 Å². The van der Waals surface area contributed by atoms with Crippen LogP contribution in [0.3, 0.4) is 0 Å². The number of pyridine rings is 1. The Morgan fingerprint density at radius 3 is 2.09 bits per heavy atom. The standard InChI is InChI=1S/C43H63BrN6O6Si2/c1-43(2,3)56-42(52)49-33-13-14-34(49)23-31(22-33)39-38(44)41(48(27-54-17-19-57(5,6)7)28-55-18-20-58(8,9)10)50-40(47-39)35(25-46-50)30-11-15-36(45-24-30)29-12-16-37(53-4)32(21-29)26-51/h11-12,15-16,21,24-25,31,33-34,51H,13-14,17-20,22-23,26-28H2,1-10H3. The fourth-order valence-electron chi connectivity index (χ4n) is 7.79. The minimum absolute atomic E-state index is 0.0725.